The summed E-state index contributed by atoms with van der Waals surface area (Å²) in [6.07, 6.45) is 0.704. The van der Waals surface area contributed by atoms with Gasteiger partial charge in [0.1, 0.15) is 23.1 Å². The summed E-state index contributed by atoms with van der Waals surface area (Å²) >= 11 is 12.1. The van der Waals surface area contributed by atoms with Crippen molar-refractivity contribution in [2.75, 3.05) is 11.9 Å². The van der Waals surface area contributed by atoms with Crippen LogP contribution in [0.25, 0.3) is 16.9 Å². The second kappa shape index (κ2) is 5.76. The van der Waals surface area contributed by atoms with Gasteiger partial charge in [-0.1, -0.05) is 23.2 Å². The van der Waals surface area contributed by atoms with Crippen LogP contribution in [-0.2, 0) is 6.42 Å². The molecule has 1 aliphatic rings. The van der Waals surface area contributed by atoms with Crippen LogP contribution >= 0.6 is 23.2 Å². The Balaban J connectivity index is 1.92. The van der Waals surface area contributed by atoms with Gasteiger partial charge in [-0.05, 0) is 36.8 Å². The Morgan fingerprint density at radius 2 is 1.79 bits per heavy atom. The van der Waals surface area contributed by atoms with Crippen LogP contribution in [0.4, 0.5) is 14.6 Å². The average molecular weight is 366 g/mol. The molecule has 0 atom stereocenters. The molecule has 0 unspecified atom stereocenters. The second-order valence-corrected chi connectivity index (χ2v) is 6.39. The van der Waals surface area contributed by atoms with Gasteiger partial charge in [0.15, 0.2) is 0 Å². The highest BCUT2D eigenvalue weighted by molar-refractivity contribution is 6.34. The largest absolute Gasteiger partial charge is 0.369 e. The molecule has 4 rings (SSSR count). The first kappa shape index (κ1) is 15.4. The van der Waals surface area contributed by atoms with Gasteiger partial charge in [0.05, 0.1) is 5.69 Å². The number of benzene rings is 2. The minimum absolute atomic E-state index is 0.267. The molecule has 2 heterocycles. The highest BCUT2D eigenvalue weighted by Crippen LogP contribution is 2.36. The quantitative estimate of drug-likeness (QED) is 0.685. The Bertz CT molecular complexity index is 933. The summed E-state index contributed by atoms with van der Waals surface area (Å²) in [4.78, 5) is 0. The standard InChI is InChI=1S/C17H11Cl2F2N3/c18-9-5-10(19)7-12(6-9)24-17-14(3-4-22-17)16(23-24)13-2-1-11(20)8-15(13)21/h1-2,5-8,22H,3-4H2. The highest BCUT2D eigenvalue weighted by Gasteiger charge is 2.25. The van der Waals surface area contributed by atoms with Crippen LogP contribution in [-0.4, -0.2) is 16.3 Å². The lowest BCUT2D eigenvalue weighted by Gasteiger charge is -2.07. The van der Waals surface area contributed by atoms with Gasteiger partial charge in [-0.25, -0.2) is 13.5 Å². The first-order valence-electron chi connectivity index (χ1n) is 7.30. The molecule has 1 aromatic heterocycles. The van der Waals surface area contributed by atoms with Crippen LogP contribution in [0, 0.1) is 11.6 Å². The van der Waals surface area contributed by atoms with Crippen molar-refractivity contribution < 1.29 is 8.78 Å². The molecule has 0 radical (unpaired) electrons. The molecule has 0 saturated heterocycles. The van der Waals surface area contributed by atoms with Gasteiger partial charge < -0.3 is 5.32 Å². The number of aromatic nitrogens is 2. The number of halogens is 4. The first-order chi connectivity index (χ1) is 11.5. The number of anilines is 1. The molecule has 0 fully saturated rings. The smallest absolute Gasteiger partial charge is 0.135 e. The van der Waals surface area contributed by atoms with Gasteiger partial charge in [0, 0.05) is 33.8 Å². The molecule has 0 saturated carbocycles. The van der Waals surface area contributed by atoms with Crippen molar-refractivity contribution in [2.45, 2.75) is 6.42 Å². The van der Waals surface area contributed by atoms with Gasteiger partial charge in [0.25, 0.3) is 0 Å². The van der Waals surface area contributed by atoms with Crippen molar-refractivity contribution >= 4 is 29.0 Å². The van der Waals surface area contributed by atoms with Crippen LogP contribution < -0.4 is 5.32 Å². The monoisotopic (exact) mass is 365 g/mol. The Hall–Kier alpha value is -2.11. The zero-order valence-electron chi connectivity index (χ0n) is 12.3. The number of hydrogen-bond acceptors (Lipinski definition) is 2. The van der Waals surface area contributed by atoms with E-state index in [0.29, 0.717) is 27.8 Å². The average Bonchev–Trinajstić information content (AvgIpc) is 3.09. The molecule has 1 N–H and O–H groups in total. The van der Waals surface area contributed by atoms with Crippen LogP contribution in [0.1, 0.15) is 5.56 Å². The summed E-state index contributed by atoms with van der Waals surface area (Å²) in [6.45, 7) is 0.720. The summed E-state index contributed by atoms with van der Waals surface area (Å²) in [5, 5.41) is 8.73. The number of hydrogen-bond donors (Lipinski definition) is 1. The second-order valence-electron chi connectivity index (χ2n) is 5.52. The van der Waals surface area contributed by atoms with Crippen molar-refractivity contribution in [3.8, 4) is 16.9 Å². The van der Waals surface area contributed by atoms with Gasteiger partial charge in [0.2, 0.25) is 0 Å². The lowest BCUT2D eigenvalue weighted by Crippen LogP contribution is -2.04. The van der Waals surface area contributed by atoms with Crippen LogP contribution in [0.15, 0.2) is 36.4 Å². The summed E-state index contributed by atoms with van der Waals surface area (Å²) in [5.74, 6) is -0.488. The van der Waals surface area contributed by atoms with Crippen molar-refractivity contribution in [2.24, 2.45) is 0 Å². The highest BCUT2D eigenvalue weighted by atomic mass is 35.5. The van der Waals surface area contributed by atoms with Gasteiger partial charge in [-0.3, -0.25) is 0 Å². The molecule has 0 bridgehead atoms. The van der Waals surface area contributed by atoms with E-state index in [1.807, 2.05) is 0 Å². The van der Waals surface area contributed by atoms with E-state index >= 15 is 0 Å². The number of nitrogens with one attached hydrogen (secondary N) is 1. The summed E-state index contributed by atoms with van der Waals surface area (Å²) in [6, 6.07) is 8.57. The van der Waals surface area contributed by atoms with Crippen LogP contribution in [0.2, 0.25) is 10.0 Å². The lowest BCUT2D eigenvalue weighted by atomic mass is 10.1. The van der Waals surface area contributed by atoms with E-state index in [1.54, 1.807) is 22.9 Å². The number of fused-ring (bicyclic) bond motifs is 1. The Morgan fingerprint density at radius 1 is 1.04 bits per heavy atom. The van der Waals surface area contributed by atoms with Crippen molar-refractivity contribution in [1.82, 2.24) is 9.78 Å². The Labute approximate surface area is 146 Å². The molecular weight excluding hydrogens is 355 g/mol. The van der Waals surface area contributed by atoms with Crippen LogP contribution in [0.3, 0.4) is 0 Å². The van der Waals surface area contributed by atoms with Crippen molar-refractivity contribution in [3.63, 3.8) is 0 Å². The Morgan fingerprint density at radius 3 is 2.50 bits per heavy atom. The molecule has 2 aromatic carbocycles. The van der Waals surface area contributed by atoms with Crippen molar-refractivity contribution in [3.05, 3.63) is 63.6 Å². The number of rotatable bonds is 2. The molecule has 0 spiro atoms. The third kappa shape index (κ3) is 2.54. The van der Waals surface area contributed by atoms with E-state index in [0.717, 1.165) is 24.0 Å². The Kier molecular flexibility index (Phi) is 3.70. The fraction of sp³-hybridized carbons (Fsp3) is 0.118. The maximum atomic E-state index is 14.2. The molecule has 1 aliphatic heterocycles. The lowest BCUT2D eigenvalue weighted by molar-refractivity contribution is 0.585. The number of nitrogens with zero attached hydrogens (tertiary/aromatic N) is 2. The topological polar surface area (TPSA) is 29.9 Å². The van der Waals surface area contributed by atoms with Crippen molar-refractivity contribution in [1.29, 1.82) is 0 Å². The molecule has 3 nitrogen and oxygen atoms in total. The summed E-state index contributed by atoms with van der Waals surface area (Å²) in [7, 11) is 0. The zero-order valence-corrected chi connectivity index (χ0v) is 13.8. The van der Waals surface area contributed by atoms with E-state index in [9.17, 15) is 8.78 Å². The predicted octanol–water partition coefficient (Wildman–Crippen LogP) is 5.09. The van der Waals surface area contributed by atoms with Gasteiger partial charge >= 0.3 is 0 Å². The SMILES string of the molecule is Fc1ccc(-c2nn(-c3cc(Cl)cc(Cl)c3)c3c2CCN3)c(F)c1. The molecule has 0 amide bonds. The summed E-state index contributed by atoms with van der Waals surface area (Å²) in [5.41, 5.74) is 2.32. The van der Waals surface area contributed by atoms with Gasteiger partial charge in [-0.15, -0.1) is 0 Å². The molecule has 122 valence electrons. The minimum atomic E-state index is -0.640. The predicted molar refractivity (Wildman–Crippen MR) is 91.1 cm³/mol. The molecule has 0 aliphatic carbocycles. The fourth-order valence-electron chi connectivity index (χ4n) is 2.92. The minimum Gasteiger partial charge on any atom is -0.369 e. The first-order valence-corrected chi connectivity index (χ1v) is 8.06. The van der Waals surface area contributed by atoms with Gasteiger partial charge in [-0.2, -0.15) is 5.10 Å². The summed E-state index contributed by atoms with van der Waals surface area (Å²) < 4.78 is 29.0. The molecule has 7 heteroatoms. The fourth-order valence-corrected chi connectivity index (χ4v) is 3.44. The third-order valence-electron chi connectivity index (χ3n) is 3.93. The maximum Gasteiger partial charge on any atom is 0.135 e. The van der Waals surface area contributed by atoms with E-state index in [4.69, 9.17) is 23.2 Å². The van der Waals surface area contributed by atoms with E-state index in [1.165, 1.54) is 12.1 Å². The van der Waals surface area contributed by atoms with E-state index < -0.39 is 11.6 Å². The molecule has 24 heavy (non-hydrogen) atoms. The maximum absolute atomic E-state index is 14.2. The molecular formula is C17H11Cl2F2N3. The normalized spacial score (nSPS) is 13.0. The van der Waals surface area contributed by atoms with E-state index in [-0.39, 0.29) is 5.56 Å². The third-order valence-corrected chi connectivity index (χ3v) is 4.37. The van der Waals surface area contributed by atoms with E-state index in [2.05, 4.69) is 10.4 Å². The van der Waals surface area contributed by atoms with Crippen LogP contribution in [0.5, 0.6) is 0 Å². The molecule has 3 aromatic rings. The zero-order chi connectivity index (χ0) is 16.8.